The van der Waals surface area contributed by atoms with Crippen molar-refractivity contribution in [3.05, 3.63) is 17.5 Å². The lowest BCUT2D eigenvalue weighted by Crippen LogP contribution is -2.36. The van der Waals surface area contributed by atoms with Crippen LogP contribution in [0.5, 0.6) is 0 Å². The number of aryl methyl sites for hydroxylation is 2. The molecule has 1 fully saturated rings. The van der Waals surface area contributed by atoms with Crippen molar-refractivity contribution < 1.29 is 4.79 Å². The molecular formula is C14H25N5O. The molecule has 0 radical (unpaired) electrons. The van der Waals surface area contributed by atoms with Gasteiger partial charge in [0.1, 0.15) is 0 Å². The molecule has 0 atom stereocenters. The van der Waals surface area contributed by atoms with E-state index < -0.39 is 0 Å². The summed E-state index contributed by atoms with van der Waals surface area (Å²) in [6.07, 6.45) is 3.63. The summed E-state index contributed by atoms with van der Waals surface area (Å²) in [6, 6.07) is 0. The van der Waals surface area contributed by atoms with Crippen molar-refractivity contribution in [2.75, 3.05) is 39.3 Å². The average molecular weight is 279 g/mol. The molecule has 1 saturated heterocycles. The predicted octanol–water partition coefficient (Wildman–Crippen LogP) is 0.0891. The van der Waals surface area contributed by atoms with Crippen LogP contribution in [-0.4, -0.2) is 64.8 Å². The molecule has 0 saturated carbocycles. The molecule has 2 heterocycles. The van der Waals surface area contributed by atoms with E-state index in [9.17, 15) is 4.79 Å². The smallest absolute Gasteiger partial charge is 0.257 e. The molecule has 2 rings (SSSR count). The SMILES string of the molecule is CCc1nn(C)cc1C(=O)N1CCCN(CCN)CC1. The van der Waals surface area contributed by atoms with Crippen molar-refractivity contribution in [1.82, 2.24) is 19.6 Å². The van der Waals surface area contributed by atoms with E-state index >= 15 is 0 Å². The normalized spacial score (nSPS) is 17.2. The van der Waals surface area contributed by atoms with Crippen LogP contribution in [0.1, 0.15) is 29.4 Å². The van der Waals surface area contributed by atoms with Crippen LogP contribution in [0.15, 0.2) is 6.20 Å². The number of amides is 1. The van der Waals surface area contributed by atoms with Crippen LogP contribution in [0, 0.1) is 0 Å². The number of carbonyl (C=O) groups excluding carboxylic acids is 1. The molecule has 1 amide bonds. The lowest BCUT2D eigenvalue weighted by molar-refractivity contribution is 0.0760. The molecule has 1 aliphatic rings. The quantitative estimate of drug-likeness (QED) is 0.848. The second-order valence-electron chi connectivity index (χ2n) is 5.29. The molecule has 20 heavy (non-hydrogen) atoms. The van der Waals surface area contributed by atoms with Crippen LogP contribution in [0.3, 0.4) is 0 Å². The zero-order valence-corrected chi connectivity index (χ0v) is 12.5. The summed E-state index contributed by atoms with van der Waals surface area (Å²) in [7, 11) is 1.86. The van der Waals surface area contributed by atoms with Crippen LogP contribution >= 0.6 is 0 Å². The highest BCUT2D eigenvalue weighted by molar-refractivity contribution is 5.95. The Morgan fingerprint density at radius 3 is 2.85 bits per heavy atom. The fraction of sp³-hybridized carbons (Fsp3) is 0.714. The maximum atomic E-state index is 12.6. The fourth-order valence-electron chi connectivity index (χ4n) is 2.72. The fourth-order valence-corrected chi connectivity index (χ4v) is 2.72. The summed E-state index contributed by atoms with van der Waals surface area (Å²) in [5.74, 6) is 0.115. The van der Waals surface area contributed by atoms with Gasteiger partial charge in [-0.25, -0.2) is 0 Å². The third-order valence-corrected chi connectivity index (χ3v) is 3.79. The van der Waals surface area contributed by atoms with Gasteiger partial charge in [0.15, 0.2) is 0 Å². The minimum atomic E-state index is 0.115. The molecule has 2 N–H and O–H groups in total. The van der Waals surface area contributed by atoms with Crippen LogP contribution in [0.2, 0.25) is 0 Å². The monoisotopic (exact) mass is 279 g/mol. The summed E-state index contributed by atoms with van der Waals surface area (Å²) in [5, 5.41) is 4.36. The van der Waals surface area contributed by atoms with Gasteiger partial charge in [0.2, 0.25) is 0 Å². The van der Waals surface area contributed by atoms with E-state index in [2.05, 4.69) is 10.00 Å². The number of nitrogens with zero attached hydrogens (tertiary/aromatic N) is 4. The van der Waals surface area contributed by atoms with Gasteiger partial charge in [-0.15, -0.1) is 0 Å². The molecule has 0 spiro atoms. The van der Waals surface area contributed by atoms with Crippen molar-refractivity contribution >= 4 is 5.91 Å². The molecular weight excluding hydrogens is 254 g/mol. The Bertz CT molecular complexity index is 456. The topological polar surface area (TPSA) is 67.4 Å². The van der Waals surface area contributed by atoms with Crippen LogP contribution in [0.25, 0.3) is 0 Å². The summed E-state index contributed by atoms with van der Waals surface area (Å²) in [4.78, 5) is 16.9. The van der Waals surface area contributed by atoms with Gasteiger partial charge >= 0.3 is 0 Å². The predicted molar refractivity (Wildman–Crippen MR) is 78.6 cm³/mol. The van der Waals surface area contributed by atoms with Crippen LogP contribution < -0.4 is 5.73 Å². The number of aromatic nitrogens is 2. The minimum absolute atomic E-state index is 0.115. The molecule has 1 aromatic heterocycles. The summed E-state index contributed by atoms with van der Waals surface area (Å²) < 4.78 is 1.73. The summed E-state index contributed by atoms with van der Waals surface area (Å²) >= 11 is 0. The maximum absolute atomic E-state index is 12.6. The van der Waals surface area contributed by atoms with E-state index in [1.807, 2.05) is 25.1 Å². The van der Waals surface area contributed by atoms with Crippen molar-refractivity contribution in [2.24, 2.45) is 12.8 Å². The molecule has 1 aromatic rings. The van der Waals surface area contributed by atoms with Gasteiger partial charge in [-0.2, -0.15) is 5.10 Å². The molecule has 1 aliphatic heterocycles. The van der Waals surface area contributed by atoms with Crippen molar-refractivity contribution in [3.8, 4) is 0 Å². The van der Waals surface area contributed by atoms with Gasteiger partial charge in [-0.3, -0.25) is 9.48 Å². The second kappa shape index (κ2) is 6.85. The van der Waals surface area contributed by atoms with E-state index in [0.717, 1.165) is 56.8 Å². The van der Waals surface area contributed by atoms with Gasteiger partial charge in [-0.1, -0.05) is 6.92 Å². The molecule has 112 valence electrons. The number of hydrogen-bond donors (Lipinski definition) is 1. The van der Waals surface area contributed by atoms with Crippen molar-refractivity contribution in [2.45, 2.75) is 19.8 Å². The number of nitrogens with two attached hydrogens (primary N) is 1. The Kier molecular flexibility index (Phi) is 5.14. The first-order valence-corrected chi connectivity index (χ1v) is 7.40. The largest absolute Gasteiger partial charge is 0.337 e. The Labute approximate surface area is 120 Å². The highest BCUT2D eigenvalue weighted by Gasteiger charge is 2.23. The molecule has 0 unspecified atom stereocenters. The third kappa shape index (κ3) is 3.37. The van der Waals surface area contributed by atoms with Crippen molar-refractivity contribution in [1.29, 1.82) is 0 Å². The minimum Gasteiger partial charge on any atom is -0.337 e. The standard InChI is InChI=1S/C14H25N5O/c1-3-13-12(11-17(2)16-13)14(20)19-7-4-6-18(8-5-15)9-10-19/h11H,3-10,15H2,1-2H3. The molecule has 0 aromatic carbocycles. The van der Waals surface area contributed by atoms with E-state index in [0.29, 0.717) is 6.54 Å². The Balaban J connectivity index is 2.05. The zero-order chi connectivity index (χ0) is 14.5. The van der Waals surface area contributed by atoms with Gasteiger partial charge in [-0.05, 0) is 19.4 Å². The van der Waals surface area contributed by atoms with E-state index in [1.165, 1.54) is 0 Å². The average Bonchev–Trinajstić information content (AvgIpc) is 2.66. The van der Waals surface area contributed by atoms with Crippen LogP contribution in [-0.2, 0) is 13.5 Å². The first-order chi connectivity index (χ1) is 9.65. The highest BCUT2D eigenvalue weighted by atomic mass is 16.2. The first-order valence-electron chi connectivity index (χ1n) is 7.40. The lowest BCUT2D eigenvalue weighted by Gasteiger charge is -2.21. The van der Waals surface area contributed by atoms with Gasteiger partial charge in [0.25, 0.3) is 5.91 Å². The Morgan fingerprint density at radius 1 is 1.35 bits per heavy atom. The van der Waals surface area contributed by atoms with Crippen LogP contribution in [0.4, 0.5) is 0 Å². The molecule has 0 aliphatic carbocycles. The Morgan fingerprint density at radius 2 is 2.15 bits per heavy atom. The number of hydrogen-bond acceptors (Lipinski definition) is 4. The summed E-state index contributed by atoms with van der Waals surface area (Å²) in [5.41, 5.74) is 7.24. The summed E-state index contributed by atoms with van der Waals surface area (Å²) in [6.45, 7) is 7.14. The highest BCUT2D eigenvalue weighted by Crippen LogP contribution is 2.13. The van der Waals surface area contributed by atoms with Gasteiger partial charge in [0, 0.05) is 46.0 Å². The first kappa shape index (κ1) is 15.0. The van der Waals surface area contributed by atoms with E-state index in [-0.39, 0.29) is 5.91 Å². The number of rotatable bonds is 4. The van der Waals surface area contributed by atoms with Gasteiger partial charge in [0.05, 0.1) is 11.3 Å². The lowest BCUT2D eigenvalue weighted by atomic mass is 10.2. The third-order valence-electron chi connectivity index (χ3n) is 3.79. The number of carbonyl (C=O) groups is 1. The second-order valence-corrected chi connectivity index (χ2v) is 5.29. The van der Waals surface area contributed by atoms with Crippen molar-refractivity contribution in [3.63, 3.8) is 0 Å². The molecule has 6 heteroatoms. The maximum Gasteiger partial charge on any atom is 0.257 e. The van der Waals surface area contributed by atoms with E-state index in [4.69, 9.17) is 5.73 Å². The van der Waals surface area contributed by atoms with Gasteiger partial charge < -0.3 is 15.5 Å². The zero-order valence-electron chi connectivity index (χ0n) is 12.5. The Hall–Kier alpha value is -1.40. The van der Waals surface area contributed by atoms with E-state index in [1.54, 1.807) is 4.68 Å². The molecule has 0 bridgehead atoms. The molecule has 6 nitrogen and oxygen atoms in total.